The molecule has 0 radical (unpaired) electrons. The van der Waals surface area contributed by atoms with Crippen LogP contribution >= 0.6 is 0 Å². The molecule has 0 bridgehead atoms. The van der Waals surface area contributed by atoms with E-state index < -0.39 is 5.60 Å². The molecule has 1 aliphatic carbocycles. The summed E-state index contributed by atoms with van der Waals surface area (Å²) in [6.07, 6.45) is 4.16. The number of rotatable bonds is 5. The molecule has 1 aromatic rings. The molecule has 1 unspecified atom stereocenters. The van der Waals surface area contributed by atoms with Crippen molar-refractivity contribution < 1.29 is 5.11 Å². The average Bonchev–Trinajstić information content (AvgIpc) is 2.92. The van der Waals surface area contributed by atoms with E-state index >= 15 is 0 Å². The maximum atomic E-state index is 10.4. The fourth-order valence-corrected chi connectivity index (χ4v) is 3.30. The number of aliphatic hydroxyl groups is 1. The highest BCUT2D eigenvalue weighted by molar-refractivity contribution is 5.27. The number of aromatic nitrogens is 2. The van der Waals surface area contributed by atoms with E-state index in [1.54, 1.807) is 0 Å². The van der Waals surface area contributed by atoms with Crippen molar-refractivity contribution in [2.24, 2.45) is 0 Å². The summed E-state index contributed by atoms with van der Waals surface area (Å²) >= 11 is 0. The Balaban J connectivity index is 2.03. The molecule has 0 spiro atoms. The molecule has 4 nitrogen and oxygen atoms in total. The van der Waals surface area contributed by atoms with Crippen molar-refractivity contribution in [1.29, 1.82) is 0 Å². The molecule has 0 aliphatic heterocycles. The zero-order chi connectivity index (χ0) is 14.0. The first-order valence-corrected chi connectivity index (χ1v) is 7.46. The van der Waals surface area contributed by atoms with Gasteiger partial charge in [-0.1, -0.05) is 12.8 Å². The van der Waals surface area contributed by atoms with Crippen LogP contribution in [0.2, 0.25) is 0 Å². The van der Waals surface area contributed by atoms with E-state index in [9.17, 15) is 5.11 Å². The van der Waals surface area contributed by atoms with Gasteiger partial charge in [-0.3, -0.25) is 4.68 Å². The molecule has 2 N–H and O–H groups in total. The summed E-state index contributed by atoms with van der Waals surface area (Å²) in [4.78, 5) is 0. The van der Waals surface area contributed by atoms with Gasteiger partial charge in [-0.25, -0.2) is 0 Å². The van der Waals surface area contributed by atoms with Gasteiger partial charge in [-0.05, 0) is 40.5 Å². The second kappa shape index (κ2) is 5.63. The lowest BCUT2D eigenvalue weighted by Crippen LogP contribution is -2.39. The average molecular weight is 265 g/mol. The molecule has 108 valence electrons. The molecule has 1 heterocycles. The molecule has 19 heavy (non-hydrogen) atoms. The Morgan fingerprint density at radius 3 is 2.53 bits per heavy atom. The van der Waals surface area contributed by atoms with Crippen LogP contribution in [0.5, 0.6) is 0 Å². The first-order valence-electron chi connectivity index (χ1n) is 7.46. The molecule has 1 saturated carbocycles. The summed E-state index contributed by atoms with van der Waals surface area (Å²) in [6, 6.07) is 0.241. The van der Waals surface area contributed by atoms with Gasteiger partial charge in [0.25, 0.3) is 0 Å². The van der Waals surface area contributed by atoms with Crippen molar-refractivity contribution >= 4 is 0 Å². The highest BCUT2D eigenvalue weighted by Crippen LogP contribution is 2.30. The van der Waals surface area contributed by atoms with Crippen LogP contribution in [0.1, 0.15) is 62.5 Å². The maximum absolute atomic E-state index is 10.4. The molecule has 1 aromatic heterocycles. The Morgan fingerprint density at radius 1 is 1.37 bits per heavy atom. The Bertz CT molecular complexity index is 433. The summed E-state index contributed by atoms with van der Waals surface area (Å²) in [6.45, 7) is 10.1. The molecule has 1 fully saturated rings. The number of nitrogens with one attached hydrogen (secondary N) is 1. The summed E-state index contributed by atoms with van der Waals surface area (Å²) in [5, 5.41) is 18.5. The minimum atomic E-state index is -0.489. The SMILES string of the molecule is CCn1nc(C)c(C(C)NCC2(O)CCCC2)c1C. The van der Waals surface area contributed by atoms with Gasteiger partial charge in [0.15, 0.2) is 0 Å². The van der Waals surface area contributed by atoms with Gasteiger partial charge in [0.2, 0.25) is 0 Å². The standard InChI is InChI=1S/C15H27N3O/c1-5-18-13(4)14(12(3)17-18)11(2)16-10-15(19)8-6-7-9-15/h11,16,19H,5-10H2,1-4H3. The van der Waals surface area contributed by atoms with Crippen LogP contribution in [-0.4, -0.2) is 27.0 Å². The van der Waals surface area contributed by atoms with Gasteiger partial charge < -0.3 is 10.4 Å². The van der Waals surface area contributed by atoms with Crippen LogP contribution in [0, 0.1) is 13.8 Å². The third kappa shape index (κ3) is 3.00. The van der Waals surface area contributed by atoms with E-state index in [4.69, 9.17) is 0 Å². The number of hydrogen-bond donors (Lipinski definition) is 2. The minimum absolute atomic E-state index is 0.241. The lowest BCUT2D eigenvalue weighted by atomic mass is 10.0. The quantitative estimate of drug-likeness (QED) is 0.860. The fourth-order valence-electron chi connectivity index (χ4n) is 3.30. The van der Waals surface area contributed by atoms with Crippen molar-refractivity contribution in [2.45, 2.75) is 71.6 Å². The van der Waals surface area contributed by atoms with Crippen molar-refractivity contribution in [2.75, 3.05) is 6.54 Å². The Labute approximate surface area is 116 Å². The van der Waals surface area contributed by atoms with E-state index in [1.807, 2.05) is 4.68 Å². The maximum Gasteiger partial charge on any atom is 0.0771 e. The Hall–Kier alpha value is -0.870. The fraction of sp³-hybridized carbons (Fsp3) is 0.800. The molecule has 2 rings (SSSR count). The monoisotopic (exact) mass is 265 g/mol. The van der Waals surface area contributed by atoms with Gasteiger partial charge in [0.05, 0.1) is 11.3 Å². The van der Waals surface area contributed by atoms with Crippen LogP contribution < -0.4 is 5.32 Å². The van der Waals surface area contributed by atoms with Crippen molar-refractivity contribution in [1.82, 2.24) is 15.1 Å². The molecule has 4 heteroatoms. The second-order valence-electron chi connectivity index (χ2n) is 5.93. The smallest absolute Gasteiger partial charge is 0.0771 e. The molecule has 0 aromatic carbocycles. The Kier molecular flexibility index (Phi) is 4.31. The van der Waals surface area contributed by atoms with Crippen molar-refractivity contribution in [3.05, 3.63) is 17.0 Å². The normalized spacial score (nSPS) is 19.8. The first kappa shape index (κ1) is 14.5. The lowest BCUT2D eigenvalue weighted by molar-refractivity contribution is 0.0453. The number of aryl methyl sites for hydroxylation is 2. The molecular weight excluding hydrogens is 238 g/mol. The van der Waals surface area contributed by atoms with E-state index in [1.165, 1.54) is 11.3 Å². The second-order valence-corrected chi connectivity index (χ2v) is 5.93. The number of hydrogen-bond acceptors (Lipinski definition) is 3. The molecule has 0 amide bonds. The highest BCUT2D eigenvalue weighted by atomic mass is 16.3. The van der Waals surface area contributed by atoms with Gasteiger partial charge in [0, 0.05) is 30.4 Å². The van der Waals surface area contributed by atoms with Gasteiger partial charge in [0.1, 0.15) is 0 Å². The summed E-state index contributed by atoms with van der Waals surface area (Å²) in [7, 11) is 0. The zero-order valence-electron chi connectivity index (χ0n) is 12.7. The molecule has 0 saturated heterocycles. The van der Waals surface area contributed by atoms with Gasteiger partial charge in [-0.15, -0.1) is 0 Å². The van der Waals surface area contributed by atoms with E-state index in [0.717, 1.165) is 37.9 Å². The van der Waals surface area contributed by atoms with E-state index in [2.05, 4.69) is 38.1 Å². The largest absolute Gasteiger partial charge is 0.389 e. The van der Waals surface area contributed by atoms with Crippen LogP contribution in [0.25, 0.3) is 0 Å². The van der Waals surface area contributed by atoms with Gasteiger partial charge >= 0.3 is 0 Å². The van der Waals surface area contributed by atoms with Gasteiger partial charge in [-0.2, -0.15) is 5.10 Å². The number of nitrogens with zero attached hydrogens (tertiary/aromatic N) is 2. The summed E-state index contributed by atoms with van der Waals surface area (Å²) < 4.78 is 2.05. The van der Waals surface area contributed by atoms with Crippen molar-refractivity contribution in [3.8, 4) is 0 Å². The van der Waals surface area contributed by atoms with Crippen LogP contribution in [0.4, 0.5) is 0 Å². The molecular formula is C15H27N3O. The topological polar surface area (TPSA) is 50.1 Å². The first-order chi connectivity index (χ1) is 8.97. The third-order valence-electron chi connectivity index (χ3n) is 4.44. The Morgan fingerprint density at radius 2 is 2.00 bits per heavy atom. The van der Waals surface area contributed by atoms with Crippen LogP contribution in [0.3, 0.4) is 0 Å². The summed E-state index contributed by atoms with van der Waals surface area (Å²) in [5.41, 5.74) is 3.12. The lowest BCUT2D eigenvalue weighted by Gasteiger charge is -2.25. The highest BCUT2D eigenvalue weighted by Gasteiger charge is 2.31. The van der Waals surface area contributed by atoms with E-state index in [-0.39, 0.29) is 6.04 Å². The minimum Gasteiger partial charge on any atom is -0.389 e. The zero-order valence-corrected chi connectivity index (χ0v) is 12.7. The van der Waals surface area contributed by atoms with E-state index in [0.29, 0.717) is 6.54 Å². The summed E-state index contributed by atoms with van der Waals surface area (Å²) in [5.74, 6) is 0. The van der Waals surface area contributed by atoms with Crippen molar-refractivity contribution in [3.63, 3.8) is 0 Å². The third-order valence-corrected chi connectivity index (χ3v) is 4.44. The van der Waals surface area contributed by atoms with Crippen LogP contribution in [-0.2, 0) is 6.54 Å². The predicted molar refractivity (Wildman–Crippen MR) is 77.2 cm³/mol. The van der Waals surface area contributed by atoms with Crippen LogP contribution in [0.15, 0.2) is 0 Å². The predicted octanol–water partition coefficient (Wildman–Crippen LogP) is 2.48. The molecule has 1 aliphatic rings. The molecule has 1 atom stereocenters.